The van der Waals surface area contributed by atoms with Crippen LogP contribution in [-0.2, 0) is 14.3 Å². The van der Waals surface area contributed by atoms with Gasteiger partial charge in [-0.25, -0.2) is 4.79 Å². The Balaban J connectivity index is 2.73. The van der Waals surface area contributed by atoms with Gasteiger partial charge in [0.05, 0.1) is 18.4 Å². The van der Waals surface area contributed by atoms with Crippen molar-refractivity contribution in [1.82, 2.24) is 5.32 Å². The van der Waals surface area contributed by atoms with Crippen LogP contribution in [0.25, 0.3) is 0 Å². The van der Waals surface area contributed by atoms with Gasteiger partial charge in [0.15, 0.2) is 0 Å². The van der Waals surface area contributed by atoms with Gasteiger partial charge in [-0.15, -0.1) is 11.3 Å². The molecule has 0 saturated carbocycles. The first-order chi connectivity index (χ1) is 8.45. The minimum Gasteiger partial charge on any atom is -0.480 e. The lowest BCUT2D eigenvalue weighted by Crippen LogP contribution is -2.42. The number of ether oxygens (including phenoxy) is 1. The Morgan fingerprint density at radius 3 is 2.61 bits per heavy atom. The van der Waals surface area contributed by atoms with Gasteiger partial charge in [-0.1, -0.05) is 0 Å². The van der Waals surface area contributed by atoms with E-state index in [1.807, 2.05) is 0 Å². The van der Waals surface area contributed by atoms with E-state index in [2.05, 4.69) is 10.1 Å². The van der Waals surface area contributed by atoms with Gasteiger partial charge >= 0.3 is 11.9 Å². The first-order valence-electron chi connectivity index (χ1n) is 5.10. The lowest BCUT2D eigenvalue weighted by Gasteiger charge is -2.12. The molecule has 1 aromatic rings. The highest BCUT2D eigenvalue weighted by Gasteiger charge is 2.25. The van der Waals surface area contributed by atoms with Gasteiger partial charge in [0.25, 0.3) is 5.91 Å². The van der Waals surface area contributed by atoms with Crippen LogP contribution in [-0.4, -0.2) is 36.1 Å². The summed E-state index contributed by atoms with van der Waals surface area (Å²) in [6, 6.07) is 0.474. The van der Waals surface area contributed by atoms with Crippen LogP contribution in [0.3, 0.4) is 0 Å². The van der Waals surface area contributed by atoms with Gasteiger partial charge in [0.2, 0.25) is 0 Å². The molecule has 1 aromatic heterocycles. The maximum atomic E-state index is 11.8. The molecule has 0 spiro atoms. The molecule has 2 N–H and O–H groups in total. The Labute approximate surface area is 108 Å². The molecule has 1 amide bonds. The smallest absolute Gasteiger partial charge is 0.326 e. The van der Waals surface area contributed by atoms with Crippen molar-refractivity contribution in [2.24, 2.45) is 0 Å². The fourth-order valence-corrected chi connectivity index (χ4v) is 2.11. The molecule has 0 unspecified atom stereocenters. The molecule has 0 fully saturated rings. The fourth-order valence-electron chi connectivity index (χ4n) is 1.28. The number of rotatable bonds is 5. The fraction of sp³-hybridized carbons (Fsp3) is 0.364. The van der Waals surface area contributed by atoms with Crippen molar-refractivity contribution in [3.63, 3.8) is 0 Å². The first kappa shape index (κ1) is 14.2. The molecule has 6 nitrogen and oxygen atoms in total. The molecule has 1 atom stereocenters. The summed E-state index contributed by atoms with van der Waals surface area (Å²) in [7, 11) is 1.16. The van der Waals surface area contributed by atoms with E-state index >= 15 is 0 Å². The summed E-state index contributed by atoms with van der Waals surface area (Å²) in [6.45, 7) is 1.75. The van der Waals surface area contributed by atoms with Crippen molar-refractivity contribution < 1.29 is 24.2 Å². The Morgan fingerprint density at radius 2 is 2.17 bits per heavy atom. The van der Waals surface area contributed by atoms with Crippen molar-refractivity contribution in [2.75, 3.05) is 7.11 Å². The summed E-state index contributed by atoms with van der Waals surface area (Å²) >= 11 is 1.21. The first-order valence-corrected chi connectivity index (χ1v) is 5.98. The van der Waals surface area contributed by atoms with E-state index in [1.54, 1.807) is 18.4 Å². The molecule has 0 bridgehead atoms. The van der Waals surface area contributed by atoms with Crippen LogP contribution >= 0.6 is 11.3 Å². The Kier molecular flexibility index (Phi) is 4.85. The van der Waals surface area contributed by atoms with E-state index in [1.165, 1.54) is 11.3 Å². The lowest BCUT2D eigenvalue weighted by molar-refractivity contribution is -0.147. The van der Waals surface area contributed by atoms with Gasteiger partial charge in [0.1, 0.15) is 6.04 Å². The van der Waals surface area contributed by atoms with Gasteiger partial charge in [0, 0.05) is 0 Å². The number of carbonyl (C=O) groups excluding carboxylic acids is 2. The highest BCUT2D eigenvalue weighted by molar-refractivity contribution is 7.12. The summed E-state index contributed by atoms with van der Waals surface area (Å²) in [4.78, 5) is 34.2. The number of aliphatic carboxylic acids is 1. The highest BCUT2D eigenvalue weighted by Crippen LogP contribution is 2.15. The highest BCUT2D eigenvalue weighted by atomic mass is 32.1. The van der Waals surface area contributed by atoms with E-state index < -0.39 is 30.3 Å². The zero-order valence-electron chi connectivity index (χ0n) is 9.93. The number of amides is 1. The van der Waals surface area contributed by atoms with Crippen LogP contribution in [0.1, 0.15) is 21.7 Å². The number of carbonyl (C=O) groups is 3. The summed E-state index contributed by atoms with van der Waals surface area (Å²) in [5, 5.41) is 12.9. The molecule has 0 aliphatic heterocycles. The number of nitrogens with one attached hydrogen (secondary N) is 1. The number of thiophene rings is 1. The minimum absolute atomic E-state index is 0.401. The molecular weight excluding hydrogens is 258 g/mol. The summed E-state index contributed by atoms with van der Waals surface area (Å²) in [5.41, 5.74) is 0.764. The Hall–Kier alpha value is -1.89. The lowest BCUT2D eigenvalue weighted by atomic mass is 10.2. The zero-order chi connectivity index (χ0) is 13.7. The zero-order valence-corrected chi connectivity index (χ0v) is 10.7. The molecule has 0 aliphatic carbocycles. The second-order valence-electron chi connectivity index (χ2n) is 3.58. The van der Waals surface area contributed by atoms with Crippen molar-refractivity contribution in [3.8, 4) is 0 Å². The van der Waals surface area contributed by atoms with Gasteiger partial charge in [-0.3, -0.25) is 9.59 Å². The van der Waals surface area contributed by atoms with Crippen LogP contribution < -0.4 is 5.32 Å². The normalized spacial score (nSPS) is 11.7. The summed E-state index contributed by atoms with van der Waals surface area (Å²) in [5.74, 6) is -2.47. The largest absolute Gasteiger partial charge is 0.480 e. The van der Waals surface area contributed by atoms with Crippen LogP contribution in [0.15, 0.2) is 11.4 Å². The minimum atomic E-state index is -1.29. The van der Waals surface area contributed by atoms with Gasteiger partial charge < -0.3 is 15.2 Å². The van der Waals surface area contributed by atoms with Crippen LogP contribution in [0.2, 0.25) is 0 Å². The second-order valence-corrected chi connectivity index (χ2v) is 4.49. The number of methoxy groups -OCH3 is 1. The van der Waals surface area contributed by atoms with Crippen molar-refractivity contribution in [3.05, 3.63) is 21.9 Å². The molecule has 0 aliphatic rings. The average Bonchev–Trinajstić information content (AvgIpc) is 2.74. The Bertz CT molecular complexity index is 468. The quantitative estimate of drug-likeness (QED) is 0.773. The molecule has 0 aromatic carbocycles. The monoisotopic (exact) mass is 271 g/mol. The molecule has 0 radical (unpaired) electrons. The second kappa shape index (κ2) is 6.15. The van der Waals surface area contributed by atoms with Crippen LogP contribution in [0, 0.1) is 6.92 Å². The molecule has 1 rings (SSSR count). The maximum Gasteiger partial charge on any atom is 0.326 e. The number of carboxylic acid groups (broad SMARTS) is 1. The van der Waals surface area contributed by atoms with Gasteiger partial charge in [-0.2, -0.15) is 0 Å². The average molecular weight is 271 g/mol. The summed E-state index contributed by atoms with van der Waals surface area (Å²) in [6.07, 6.45) is -0.401. The van der Waals surface area contributed by atoms with Crippen molar-refractivity contribution in [1.29, 1.82) is 0 Å². The standard InChI is InChI=1S/C11H13NO5S/c1-6-3-4-18-9(6)10(14)12-7(11(15)16)5-8(13)17-2/h3-4,7H,5H2,1-2H3,(H,12,14)(H,15,16)/t7-/m0/s1. The number of hydrogen-bond donors (Lipinski definition) is 2. The van der Waals surface area contributed by atoms with Crippen molar-refractivity contribution in [2.45, 2.75) is 19.4 Å². The number of hydrogen-bond acceptors (Lipinski definition) is 5. The van der Waals surface area contributed by atoms with Crippen LogP contribution in [0.4, 0.5) is 0 Å². The third kappa shape index (κ3) is 3.56. The number of aryl methyl sites for hydroxylation is 1. The molecule has 18 heavy (non-hydrogen) atoms. The predicted molar refractivity (Wildman–Crippen MR) is 64.6 cm³/mol. The maximum absolute atomic E-state index is 11.8. The molecule has 0 saturated heterocycles. The number of esters is 1. The van der Waals surface area contributed by atoms with Crippen LogP contribution in [0.5, 0.6) is 0 Å². The molecule has 1 heterocycles. The molecule has 98 valence electrons. The summed E-state index contributed by atoms with van der Waals surface area (Å²) < 4.78 is 4.38. The van der Waals surface area contributed by atoms with E-state index in [4.69, 9.17) is 5.11 Å². The predicted octanol–water partition coefficient (Wildman–Crippen LogP) is 0.803. The third-order valence-electron chi connectivity index (χ3n) is 2.27. The number of carboxylic acids is 1. The Morgan fingerprint density at radius 1 is 1.50 bits per heavy atom. The topological polar surface area (TPSA) is 92.7 Å². The van der Waals surface area contributed by atoms with Crippen molar-refractivity contribution >= 4 is 29.2 Å². The molecule has 7 heteroatoms. The third-order valence-corrected chi connectivity index (χ3v) is 3.29. The van der Waals surface area contributed by atoms with E-state index in [0.717, 1.165) is 12.7 Å². The molecular formula is C11H13NO5S. The van der Waals surface area contributed by atoms with E-state index in [9.17, 15) is 14.4 Å². The van der Waals surface area contributed by atoms with E-state index in [-0.39, 0.29) is 0 Å². The van der Waals surface area contributed by atoms with E-state index in [0.29, 0.717) is 4.88 Å². The SMILES string of the molecule is COC(=O)C[C@H](NC(=O)c1sccc1C)C(=O)O. The van der Waals surface area contributed by atoms with Gasteiger partial charge in [-0.05, 0) is 23.9 Å².